The summed E-state index contributed by atoms with van der Waals surface area (Å²) < 4.78 is 0. The lowest BCUT2D eigenvalue weighted by atomic mass is 10.1. The summed E-state index contributed by atoms with van der Waals surface area (Å²) in [4.78, 5) is 6.38. The van der Waals surface area contributed by atoms with Crippen LogP contribution in [0.1, 0.15) is 39.0 Å². The second kappa shape index (κ2) is 4.96. The van der Waals surface area contributed by atoms with Crippen molar-refractivity contribution < 1.29 is 0 Å². The third-order valence-electron chi connectivity index (χ3n) is 2.17. The Morgan fingerprint density at radius 3 is 2.75 bits per heavy atom. The SMILES string of the molecule is CCCCCCC1=[N+]C=CN1C. The number of nitrogens with zero attached hydrogens (tertiary/aromatic N) is 2. The predicted molar refractivity (Wildman–Crippen MR) is 52.8 cm³/mol. The summed E-state index contributed by atoms with van der Waals surface area (Å²) in [6.07, 6.45) is 10.3. The van der Waals surface area contributed by atoms with Crippen molar-refractivity contribution in [2.24, 2.45) is 0 Å². The Bertz CT molecular complexity index is 182. The normalized spacial score (nSPS) is 15.5. The average Bonchev–Trinajstić information content (AvgIpc) is 2.46. The van der Waals surface area contributed by atoms with Crippen LogP contribution in [0.25, 0.3) is 0 Å². The fourth-order valence-electron chi connectivity index (χ4n) is 1.35. The zero-order valence-electron chi connectivity index (χ0n) is 8.08. The van der Waals surface area contributed by atoms with Gasteiger partial charge < -0.3 is 0 Å². The van der Waals surface area contributed by atoms with E-state index in [1.165, 1.54) is 31.5 Å². The molecule has 0 atom stereocenters. The summed E-state index contributed by atoms with van der Waals surface area (Å²) in [5.41, 5.74) is 0. The van der Waals surface area contributed by atoms with Gasteiger partial charge in [-0.15, -0.1) is 0 Å². The Morgan fingerprint density at radius 1 is 1.33 bits per heavy atom. The zero-order valence-corrected chi connectivity index (χ0v) is 8.08. The largest absolute Gasteiger partial charge is 0.298 e. The highest BCUT2D eigenvalue weighted by Crippen LogP contribution is 2.06. The first-order chi connectivity index (χ1) is 5.84. The van der Waals surface area contributed by atoms with E-state index < -0.39 is 0 Å². The van der Waals surface area contributed by atoms with Gasteiger partial charge in [-0.05, 0) is 6.42 Å². The monoisotopic (exact) mass is 166 g/mol. The van der Waals surface area contributed by atoms with Gasteiger partial charge in [0.2, 0.25) is 0 Å². The molecule has 1 aliphatic heterocycles. The molecule has 1 rings (SSSR count). The Labute approximate surface area is 75.0 Å². The van der Waals surface area contributed by atoms with E-state index in [1.807, 2.05) is 12.4 Å². The number of hydrogen-bond donors (Lipinski definition) is 0. The van der Waals surface area contributed by atoms with Gasteiger partial charge in [0, 0.05) is 0 Å². The maximum absolute atomic E-state index is 4.28. The van der Waals surface area contributed by atoms with Crippen molar-refractivity contribution in [3.8, 4) is 0 Å². The van der Waals surface area contributed by atoms with Crippen LogP contribution in [0.2, 0.25) is 0 Å². The fourth-order valence-corrected chi connectivity index (χ4v) is 1.35. The number of hydrogen-bond acceptors (Lipinski definition) is 2. The Hall–Kier alpha value is -0.790. The number of aliphatic imine (C=N–C) groups is 1. The van der Waals surface area contributed by atoms with Crippen LogP contribution in [0.4, 0.5) is 0 Å². The molecular weight excluding hydrogens is 148 g/mol. The molecule has 0 fully saturated rings. The standard InChI is InChI=1S/C10H18N2/c1-3-4-5-6-7-10-11-8-9-12(10)2/h8-9H,3-7H2,1-2H3/q+1. The molecule has 0 amide bonds. The van der Waals surface area contributed by atoms with Gasteiger partial charge in [0.1, 0.15) is 6.20 Å². The molecule has 1 radical (unpaired) electrons. The summed E-state index contributed by atoms with van der Waals surface area (Å²) in [6, 6.07) is 0. The minimum Gasteiger partial charge on any atom is -0.234 e. The summed E-state index contributed by atoms with van der Waals surface area (Å²) in [5, 5.41) is 0. The third-order valence-corrected chi connectivity index (χ3v) is 2.17. The van der Waals surface area contributed by atoms with E-state index in [0.717, 1.165) is 6.42 Å². The second-order valence-electron chi connectivity index (χ2n) is 3.27. The molecule has 0 unspecified atom stereocenters. The molecule has 0 aromatic rings. The molecule has 1 heterocycles. The van der Waals surface area contributed by atoms with Crippen molar-refractivity contribution in [3.05, 3.63) is 12.4 Å². The van der Waals surface area contributed by atoms with Gasteiger partial charge >= 0.3 is 0 Å². The minimum atomic E-state index is 1.13. The van der Waals surface area contributed by atoms with Crippen molar-refractivity contribution in [1.29, 1.82) is 0 Å². The maximum Gasteiger partial charge on any atom is 0.298 e. The first-order valence-electron chi connectivity index (χ1n) is 4.80. The predicted octanol–water partition coefficient (Wildman–Crippen LogP) is 2.11. The quantitative estimate of drug-likeness (QED) is 0.572. The van der Waals surface area contributed by atoms with Crippen molar-refractivity contribution >= 4 is 5.84 Å². The van der Waals surface area contributed by atoms with Crippen molar-refractivity contribution in [1.82, 2.24) is 9.89 Å². The van der Waals surface area contributed by atoms with Crippen LogP contribution in [0.5, 0.6) is 0 Å². The summed E-state index contributed by atoms with van der Waals surface area (Å²) in [5.74, 6) is 1.21. The number of unbranched alkanes of at least 4 members (excludes halogenated alkanes) is 3. The molecule has 67 valence electrons. The summed E-state index contributed by atoms with van der Waals surface area (Å²) in [7, 11) is 2.06. The lowest BCUT2D eigenvalue weighted by molar-refractivity contribution is 0.634. The first-order valence-corrected chi connectivity index (χ1v) is 4.80. The Balaban J connectivity index is 2.08. The Morgan fingerprint density at radius 2 is 2.17 bits per heavy atom. The molecule has 0 saturated carbocycles. The number of amidine groups is 1. The molecule has 0 aromatic heterocycles. The molecule has 1 aliphatic rings. The maximum atomic E-state index is 4.28. The van der Waals surface area contributed by atoms with E-state index in [4.69, 9.17) is 0 Å². The highest BCUT2D eigenvalue weighted by atomic mass is 15.2. The van der Waals surface area contributed by atoms with Crippen LogP contribution >= 0.6 is 0 Å². The van der Waals surface area contributed by atoms with Crippen LogP contribution < -0.4 is 4.99 Å². The first kappa shape index (κ1) is 9.30. The van der Waals surface area contributed by atoms with Crippen molar-refractivity contribution in [3.63, 3.8) is 0 Å². The van der Waals surface area contributed by atoms with E-state index in [9.17, 15) is 0 Å². The molecule has 0 aromatic carbocycles. The summed E-state index contributed by atoms with van der Waals surface area (Å²) in [6.45, 7) is 2.24. The molecule has 0 aliphatic carbocycles. The van der Waals surface area contributed by atoms with Gasteiger partial charge in [-0.3, -0.25) is 0 Å². The van der Waals surface area contributed by atoms with Crippen molar-refractivity contribution in [2.45, 2.75) is 39.0 Å². The number of rotatable bonds is 5. The van der Waals surface area contributed by atoms with Crippen LogP contribution in [0.15, 0.2) is 12.4 Å². The smallest absolute Gasteiger partial charge is 0.234 e. The Kier molecular flexibility index (Phi) is 3.85. The van der Waals surface area contributed by atoms with Gasteiger partial charge in [-0.25, -0.2) is 4.90 Å². The van der Waals surface area contributed by atoms with Gasteiger partial charge in [0.25, 0.3) is 5.84 Å². The third kappa shape index (κ3) is 2.68. The molecule has 0 saturated heterocycles. The lowest BCUT2D eigenvalue weighted by Gasteiger charge is -2.01. The lowest BCUT2D eigenvalue weighted by Crippen LogP contribution is -2.19. The zero-order chi connectivity index (χ0) is 8.81. The fraction of sp³-hybridized carbons (Fsp3) is 0.700. The molecular formula is C10H18N2+. The molecule has 2 heteroatoms. The second-order valence-corrected chi connectivity index (χ2v) is 3.27. The van der Waals surface area contributed by atoms with Crippen LogP contribution in [-0.2, 0) is 0 Å². The minimum absolute atomic E-state index is 1.13. The van der Waals surface area contributed by atoms with Crippen LogP contribution in [0, 0.1) is 0 Å². The van der Waals surface area contributed by atoms with Crippen LogP contribution in [0.3, 0.4) is 0 Å². The van der Waals surface area contributed by atoms with Gasteiger partial charge in [-0.2, -0.15) is 0 Å². The van der Waals surface area contributed by atoms with Crippen LogP contribution in [-0.4, -0.2) is 17.8 Å². The topological polar surface area (TPSA) is 17.3 Å². The molecule has 0 spiro atoms. The molecule has 2 nitrogen and oxygen atoms in total. The van der Waals surface area contributed by atoms with Crippen molar-refractivity contribution in [2.75, 3.05) is 7.05 Å². The van der Waals surface area contributed by atoms with E-state index in [1.54, 1.807) is 0 Å². The molecule has 12 heavy (non-hydrogen) atoms. The molecule has 0 bridgehead atoms. The van der Waals surface area contributed by atoms with Gasteiger partial charge in [-0.1, -0.05) is 31.2 Å². The van der Waals surface area contributed by atoms with E-state index in [0.29, 0.717) is 0 Å². The highest BCUT2D eigenvalue weighted by molar-refractivity contribution is 5.83. The molecule has 0 N–H and O–H groups in total. The van der Waals surface area contributed by atoms with E-state index in [2.05, 4.69) is 23.9 Å². The van der Waals surface area contributed by atoms with E-state index in [-0.39, 0.29) is 0 Å². The van der Waals surface area contributed by atoms with Gasteiger partial charge in [0.15, 0.2) is 6.20 Å². The highest BCUT2D eigenvalue weighted by Gasteiger charge is 2.17. The summed E-state index contributed by atoms with van der Waals surface area (Å²) >= 11 is 0. The average molecular weight is 166 g/mol. The van der Waals surface area contributed by atoms with Gasteiger partial charge in [0.05, 0.1) is 13.5 Å². The van der Waals surface area contributed by atoms with E-state index >= 15 is 0 Å².